The Morgan fingerprint density at radius 1 is 0.967 bits per heavy atom. The smallest absolute Gasteiger partial charge is 0.262 e. The van der Waals surface area contributed by atoms with Gasteiger partial charge in [0.15, 0.2) is 6.61 Å². The molecule has 0 fully saturated rings. The summed E-state index contributed by atoms with van der Waals surface area (Å²) in [4.78, 5) is 11.9. The third-order valence-electron chi connectivity index (χ3n) is 3.81. The van der Waals surface area contributed by atoms with E-state index in [1.54, 1.807) is 24.3 Å². The topological polar surface area (TPSA) is 84.5 Å². The van der Waals surface area contributed by atoms with E-state index in [9.17, 15) is 22.0 Å². The van der Waals surface area contributed by atoms with Crippen LogP contribution in [0.3, 0.4) is 0 Å². The maximum atomic E-state index is 13.5. The van der Waals surface area contributed by atoms with Crippen LogP contribution in [0.1, 0.15) is 0 Å². The van der Waals surface area contributed by atoms with Crippen LogP contribution >= 0.6 is 15.9 Å². The van der Waals surface area contributed by atoms with E-state index in [0.717, 1.165) is 16.6 Å². The molecule has 0 unspecified atom stereocenters. The third-order valence-corrected chi connectivity index (χ3v) is 5.73. The Labute approximate surface area is 180 Å². The van der Waals surface area contributed by atoms with Crippen molar-refractivity contribution in [1.29, 1.82) is 0 Å². The molecule has 10 heteroatoms. The van der Waals surface area contributed by atoms with Crippen molar-refractivity contribution in [3.05, 3.63) is 82.8 Å². The highest BCUT2D eigenvalue weighted by molar-refractivity contribution is 9.10. The van der Waals surface area contributed by atoms with E-state index in [1.807, 2.05) is 0 Å². The first-order valence-electron chi connectivity index (χ1n) is 8.49. The Morgan fingerprint density at radius 3 is 2.27 bits per heavy atom. The summed E-state index contributed by atoms with van der Waals surface area (Å²) in [5, 5.41) is 2.26. The molecule has 3 rings (SSSR count). The lowest BCUT2D eigenvalue weighted by molar-refractivity contribution is -0.118. The number of carbonyl (C=O) groups is 1. The first-order valence-corrected chi connectivity index (χ1v) is 10.8. The van der Waals surface area contributed by atoms with Crippen LogP contribution in [0, 0.1) is 11.6 Å². The minimum Gasteiger partial charge on any atom is -0.484 e. The van der Waals surface area contributed by atoms with Gasteiger partial charge in [-0.2, -0.15) is 0 Å². The molecule has 30 heavy (non-hydrogen) atoms. The molecule has 0 heterocycles. The summed E-state index contributed by atoms with van der Waals surface area (Å²) in [6.45, 7) is -0.444. The van der Waals surface area contributed by atoms with Crippen LogP contribution in [0.4, 0.5) is 20.2 Å². The van der Waals surface area contributed by atoms with Crippen LogP contribution in [0.5, 0.6) is 5.75 Å². The van der Waals surface area contributed by atoms with Crippen LogP contribution in [0.15, 0.2) is 76.1 Å². The average molecular weight is 497 g/mol. The normalized spacial score (nSPS) is 11.0. The summed E-state index contributed by atoms with van der Waals surface area (Å²) in [5.41, 5.74) is 0.230. The lowest BCUT2D eigenvalue weighted by Gasteiger charge is -2.10. The standard InChI is InChI=1S/C20H15BrF2N2O4S/c21-13-1-4-15(5-2-13)25-30(27,28)17-8-6-16(7-9-17)29-12-20(26)24-19-10-3-14(22)11-18(19)23/h1-11,25H,12H2,(H,24,26). The molecule has 0 aliphatic carbocycles. The van der Waals surface area contributed by atoms with Crippen molar-refractivity contribution in [2.24, 2.45) is 0 Å². The number of nitrogens with one attached hydrogen (secondary N) is 2. The van der Waals surface area contributed by atoms with Crippen molar-refractivity contribution in [1.82, 2.24) is 0 Å². The molecule has 1 amide bonds. The number of sulfonamides is 1. The van der Waals surface area contributed by atoms with Crippen LogP contribution in [0.2, 0.25) is 0 Å². The number of halogens is 3. The molecule has 0 spiro atoms. The Hall–Kier alpha value is -2.98. The second-order valence-electron chi connectivity index (χ2n) is 6.04. The van der Waals surface area contributed by atoms with Gasteiger partial charge in [0, 0.05) is 16.2 Å². The van der Waals surface area contributed by atoms with Gasteiger partial charge in [0.05, 0.1) is 10.6 Å². The Bertz CT molecular complexity index is 1150. The van der Waals surface area contributed by atoms with Gasteiger partial charge >= 0.3 is 0 Å². The summed E-state index contributed by atoms with van der Waals surface area (Å²) in [6.07, 6.45) is 0. The zero-order chi connectivity index (χ0) is 21.7. The second kappa shape index (κ2) is 9.23. The predicted molar refractivity (Wildman–Crippen MR) is 112 cm³/mol. The molecule has 0 aliphatic heterocycles. The van der Waals surface area contributed by atoms with E-state index >= 15 is 0 Å². The van der Waals surface area contributed by atoms with E-state index in [-0.39, 0.29) is 16.3 Å². The zero-order valence-electron chi connectivity index (χ0n) is 15.2. The highest BCUT2D eigenvalue weighted by atomic mass is 79.9. The van der Waals surface area contributed by atoms with Gasteiger partial charge in [0.1, 0.15) is 17.4 Å². The summed E-state index contributed by atoms with van der Waals surface area (Å²) in [5.74, 6) is -2.08. The number of hydrogen-bond acceptors (Lipinski definition) is 4. The Morgan fingerprint density at radius 2 is 1.63 bits per heavy atom. The fourth-order valence-corrected chi connectivity index (χ4v) is 3.70. The fraction of sp³-hybridized carbons (Fsp3) is 0.0500. The number of hydrogen-bond donors (Lipinski definition) is 2. The van der Waals surface area contributed by atoms with E-state index in [2.05, 4.69) is 26.0 Å². The van der Waals surface area contributed by atoms with E-state index in [1.165, 1.54) is 24.3 Å². The number of carbonyl (C=O) groups excluding carboxylic acids is 1. The van der Waals surface area contributed by atoms with Gasteiger partial charge in [-0.1, -0.05) is 15.9 Å². The van der Waals surface area contributed by atoms with Gasteiger partial charge in [0.25, 0.3) is 15.9 Å². The summed E-state index contributed by atoms with van der Waals surface area (Å²) in [7, 11) is -3.80. The Kier molecular flexibility index (Phi) is 6.68. The molecule has 0 saturated heterocycles. The first-order chi connectivity index (χ1) is 14.2. The minimum absolute atomic E-state index is 0.00982. The van der Waals surface area contributed by atoms with Crippen LogP contribution in [-0.4, -0.2) is 20.9 Å². The van der Waals surface area contributed by atoms with Gasteiger partial charge in [-0.05, 0) is 60.7 Å². The second-order valence-corrected chi connectivity index (χ2v) is 8.64. The number of benzene rings is 3. The molecule has 156 valence electrons. The SMILES string of the molecule is O=C(COc1ccc(S(=O)(=O)Nc2ccc(Br)cc2)cc1)Nc1ccc(F)cc1F. The molecule has 0 aromatic heterocycles. The van der Waals surface area contributed by atoms with Crippen molar-refractivity contribution in [2.75, 3.05) is 16.6 Å². The molecule has 0 radical (unpaired) electrons. The summed E-state index contributed by atoms with van der Waals surface area (Å²) in [6, 6.07) is 14.8. The van der Waals surface area contributed by atoms with Crippen molar-refractivity contribution in [2.45, 2.75) is 4.90 Å². The van der Waals surface area contributed by atoms with Crippen LogP contribution in [0.25, 0.3) is 0 Å². The molecule has 3 aromatic carbocycles. The molecule has 0 aliphatic rings. The maximum Gasteiger partial charge on any atom is 0.262 e. The highest BCUT2D eigenvalue weighted by Gasteiger charge is 2.15. The van der Waals surface area contributed by atoms with Crippen molar-refractivity contribution in [3.63, 3.8) is 0 Å². The average Bonchev–Trinajstić information content (AvgIpc) is 2.70. The Balaban J connectivity index is 1.58. The lowest BCUT2D eigenvalue weighted by atomic mass is 10.3. The predicted octanol–water partition coefficient (Wildman–Crippen LogP) is 4.55. The van der Waals surface area contributed by atoms with Crippen molar-refractivity contribution >= 4 is 43.2 Å². The van der Waals surface area contributed by atoms with Crippen molar-refractivity contribution in [3.8, 4) is 5.75 Å². The fourth-order valence-electron chi connectivity index (χ4n) is 2.37. The van der Waals surface area contributed by atoms with Crippen molar-refractivity contribution < 1.29 is 26.7 Å². The number of anilines is 2. The maximum absolute atomic E-state index is 13.5. The molecule has 0 saturated carbocycles. The quantitative estimate of drug-likeness (QED) is 0.502. The number of amides is 1. The van der Waals surface area contributed by atoms with E-state index in [4.69, 9.17) is 4.74 Å². The number of rotatable bonds is 7. The molecule has 0 bridgehead atoms. The lowest BCUT2D eigenvalue weighted by Crippen LogP contribution is -2.21. The summed E-state index contributed by atoms with van der Waals surface area (Å²) < 4.78 is 59.8. The van der Waals surface area contributed by atoms with E-state index < -0.39 is 34.2 Å². The molecular formula is C20H15BrF2N2O4S. The largest absolute Gasteiger partial charge is 0.484 e. The first kappa shape index (κ1) is 21.7. The van der Waals surface area contributed by atoms with Gasteiger partial charge in [-0.15, -0.1) is 0 Å². The zero-order valence-corrected chi connectivity index (χ0v) is 17.6. The molecule has 6 nitrogen and oxygen atoms in total. The third kappa shape index (κ3) is 5.77. The molecular weight excluding hydrogens is 482 g/mol. The minimum atomic E-state index is -3.80. The van der Waals surface area contributed by atoms with Crippen LogP contribution in [-0.2, 0) is 14.8 Å². The molecule has 3 aromatic rings. The monoisotopic (exact) mass is 496 g/mol. The van der Waals surface area contributed by atoms with Gasteiger partial charge in [-0.3, -0.25) is 9.52 Å². The molecule has 0 atom stereocenters. The van der Waals surface area contributed by atoms with Gasteiger partial charge in [-0.25, -0.2) is 17.2 Å². The highest BCUT2D eigenvalue weighted by Crippen LogP contribution is 2.21. The molecule has 2 N–H and O–H groups in total. The number of ether oxygens (including phenoxy) is 1. The van der Waals surface area contributed by atoms with Crippen LogP contribution < -0.4 is 14.8 Å². The van der Waals surface area contributed by atoms with Gasteiger partial charge < -0.3 is 10.1 Å². The van der Waals surface area contributed by atoms with Gasteiger partial charge in [0.2, 0.25) is 0 Å². The van der Waals surface area contributed by atoms with E-state index in [0.29, 0.717) is 11.8 Å². The summed E-state index contributed by atoms with van der Waals surface area (Å²) >= 11 is 3.27.